The van der Waals surface area contributed by atoms with Gasteiger partial charge in [-0.1, -0.05) is 62.4 Å². The quantitative estimate of drug-likeness (QED) is 0.600. The van der Waals surface area contributed by atoms with E-state index in [0.717, 1.165) is 18.6 Å². The van der Waals surface area contributed by atoms with Gasteiger partial charge in [-0.3, -0.25) is 9.59 Å². The van der Waals surface area contributed by atoms with E-state index < -0.39 is 6.04 Å². The lowest BCUT2D eigenvalue weighted by Crippen LogP contribution is -2.39. The molecule has 5 heteroatoms. The molecule has 0 aliphatic heterocycles. The lowest BCUT2D eigenvalue weighted by atomic mass is 10.1. The average molecular weight is 337 g/mol. The minimum Gasteiger partial charge on any atom is -0.336 e. The van der Waals surface area contributed by atoms with Crippen LogP contribution < -0.4 is 10.7 Å². The minimum atomic E-state index is -0.812. The Balaban J connectivity index is 2.20. The maximum atomic E-state index is 12.6. The van der Waals surface area contributed by atoms with Crippen molar-refractivity contribution in [3.05, 3.63) is 71.8 Å². The van der Waals surface area contributed by atoms with Crippen LogP contribution in [-0.4, -0.2) is 17.5 Å². The topological polar surface area (TPSA) is 70.6 Å². The van der Waals surface area contributed by atoms with Crippen molar-refractivity contribution in [2.24, 2.45) is 5.10 Å². The van der Waals surface area contributed by atoms with E-state index in [0.29, 0.717) is 11.1 Å². The van der Waals surface area contributed by atoms with Gasteiger partial charge in [0.25, 0.3) is 11.8 Å². The number of hydrazone groups is 1. The molecule has 130 valence electrons. The predicted octanol–water partition coefficient (Wildman–Crippen LogP) is 3.45. The Bertz CT molecular complexity index is 721. The SMILES string of the molecule is CCC(CC)=NNC(=O)C(NC(=O)c1ccccc1)c1ccccc1. The Kier molecular flexibility index (Phi) is 6.89. The highest BCUT2D eigenvalue weighted by Crippen LogP contribution is 2.14. The normalized spacial score (nSPS) is 11.3. The van der Waals surface area contributed by atoms with Gasteiger partial charge in [0.2, 0.25) is 0 Å². The highest BCUT2D eigenvalue weighted by molar-refractivity contribution is 5.98. The van der Waals surface area contributed by atoms with Gasteiger partial charge >= 0.3 is 0 Å². The highest BCUT2D eigenvalue weighted by atomic mass is 16.2. The van der Waals surface area contributed by atoms with Crippen LogP contribution in [0, 0.1) is 0 Å². The number of nitrogens with one attached hydrogen (secondary N) is 2. The molecule has 0 bridgehead atoms. The second kappa shape index (κ2) is 9.37. The number of amides is 2. The molecule has 0 saturated carbocycles. The second-order valence-corrected chi connectivity index (χ2v) is 5.54. The lowest BCUT2D eigenvalue weighted by Gasteiger charge is -2.18. The molecule has 0 aliphatic rings. The Hall–Kier alpha value is -2.95. The van der Waals surface area contributed by atoms with Gasteiger partial charge in [0.15, 0.2) is 0 Å². The third-order valence-corrected chi connectivity index (χ3v) is 3.85. The molecular formula is C20H23N3O2. The Morgan fingerprint density at radius 3 is 2.04 bits per heavy atom. The number of carbonyl (C=O) groups excluding carboxylic acids is 2. The van der Waals surface area contributed by atoms with Gasteiger partial charge in [-0.15, -0.1) is 0 Å². The molecular weight excluding hydrogens is 314 g/mol. The van der Waals surface area contributed by atoms with Gasteiger partial charge in [0.1, 0.15) is 6.04 Å². The fraction of sp³-hybridized carbons (Fsp3) is 0.250. The molecule has 0 fully saturated rings. The summed E-state index contributed by atoms with van der Waals surface area (Å²) in [4.78, 5) is 25.1. The molecule has 25 heavy (non-hydrogen) atoms. The minimum absolute atomic E-state index is 0.306. The summed E-state index contributed by atoms with van der Waals surface area (Å²) < 4.78 is 0. The van der Waals surface area contributed by atoms with Gasteiger partial charge in [0.05, 0.1) is 0 Å². The van der Waals surface area contributed by atoms with Crippen LogP contribution in [0.15, 0.2) is 65.8 Å². The fourth-order valence-corrected chi connectivity index (χ4v) is 2.36. The van der Waals surface area contributed by atoms with Crippen LogP contribution in [0.2, 0.25) is 0 Å². The maximum absolute atomic E-state index is 12.6. The standard InChI is InChI=1S/C20H23N3O2/c1-3-17(4-2)22-23-20(25)18(15-11-7-5-8-12-15)21-19(24)16-13-9-6-10-14-16/h5-14,18H,3-4H2,1-2H3,(H,21,24)(H,23,25). The molecule has 0 heterocycles. The number of carbonyl (C=O) groups is 2. The summed E-state index contributed by atoms with van der Waals surface area (Å²) in [5.41, 5.74) is 4.68. The summed E-state index contributed by atoms with van der Waals surface area (Å²) >= 11 is 0. The molecule has 0 aromatic heterocycles. The van der Waals surface area contributed by atoms with Gasteiger partial charge < -0.3 is 5.32 Å². The van der Waals surface area contributed by atoms with E-state index in [2.05, 4.69) is 15.8 Å². The zero-order chi connectivity index (χ0) is 18.1. The smallest absolute Gasteiger partial charge is 0.267 e. The molecule has 2 aromatic rings. The fourth-order valence-electron chi connectivity index (χ4n) is 2.36. The van der Waals surface area contributed by atoms with Gasteiger partial charge in [-0.25, -0.2) is 5.43 Å². The Labute approximate surface area is 148 Å². The first-order valence-electron chi connectivity index (χ1n) is 8.41. The van der Waals surface area contributed by atoms with Crippen LogP contribution in [0.3, 0.4) is 0 Å². The third-order valence-electron chi connectivity index (χ3n) is 3.85. The number of nitrogens with zero attached hydrogens (tertiary/aromatic N) is 1. The summed E-state index contributed by atoms with van der Waals surface area (Å²) in [6.45, 7) is 3.97. The first-order valence-corrected chi connectivity index (χ1v) is 8.41. The first kappa shape index (κ1) is 18.4. The van der Waals surface area contributed by atoms with E-state index >= 15 is 0 Å². The number of hydrogen-bond acceptors (Lipinski definition) is 3. The molecule has 1 atom stereocenters. The van der Waals surface area contributed by atoms with Crippen molar-refractivity contribution in [3.63, 3.8) is 0 Å². The van der Waals surface area contributed by atoms with Crippen molar-refractivity contribution in [2.75, 3.05) is 0 Å². The van der Waals surface area contributed by atoms with Crippen LogP contribution in [-0.2, 0) is 4.79 Å². The van der Waals surface area contributed by atoms with Crippen LogP contribution in [0.5, 0.6) is 0 Å². The Morgan fingerprint density at radius 1 is 0.920 bits per heavy atom. The summed E-state index contributed by atoms with van der Waals surface area (Å²) in [5, 5.41) is 6.94. The van der Waals surface area contributed by atoms with Crippen LogP contribution in [0.1, 0.15) is 48.7 Å². The molecule has 2 amide bonds. The average Bonchev–Trinajstić information content (AvgIpc) is 2.68. The van der Waals surface area contributed by atoms with Crippen molar-refractivity contribution < 1.29 is 9.59 Å². The third kappa shape index (κ3) is 5.28. The van der Waals surface area contributed by atoms with Crippen molar-refractivity contribution >= 4 is 17.5 Å². The molecule has 2 N–H and O–H groups in total. The predicted molar refractivity (Wildman–Crippen MR) is 99.3 cm³/mol. The zero-order valence-corrected chi connectivity index (χ0v) is 14.5. The van der Waals surface area contributed by atoms with Crippen molar-refractivity contribution in [1.29, 1.82) is 0 Å². The molecule has 0 aliphatic carbocycles. The van der Waals surface area contributed by atoms with Crippen molar-refractivity contribution in [3.8, 4) is 0 Å². The summed E-state index contributed by atoms with van der Waals surface area (Å²) in [6, 6.07) is 17.1. The molecule has 0 saturated heterocycles. The lowest BCUT2D eigenvalue weighted by molar-refractivity contribution is -0.123. The molecule has 0 spiro atoms. The van der Waals surface area contributed by atoms with E-state index in [9.17, 15) is 9.59 Å². The highest BCUT2D eigenvalue weighted by Gasteiger charge is 2.23. The summed E-state index contributed by atoms with van der Waals surface area (Å²) in [5.74, 6) is -0.672. The van der Waals surface area contributed by atoms with E-state index in [1.807, 2.05) is 38.1 Å². The monoisotopic (exact) mass is 337 g/mol. The van der Waals surface area contributed by atoms with E-state index in [1.165, 1.54) is 0 Å². The van der Waals surface area contributed by atoms with Gasteiger partial charge in [0, 0.05) is 11.3 Å². The van der Waals surface area contributed by atoms with Gasteiger partial charge in [-0.2, -0.15) is 5.10 Å². The zero-order valence-electron chi connectivity index (χ0n) is 14.5. The molecule has 0 radical (unpaired) electrons. The van der Waals surface area contributed by atoms with E-state index in [4.69, 9.17) is 0 Å². The van der Waals surface area contributed by atoms with E-state index in [1.54, 1.807) is 36.4 Å². The largest absolute Gasteiger partial charge is 0.336 e. The summed E-state index contributed by atoms with van der Waals surface area (Å²) in [7, 11) is 0. The number of rotatable bonds is 7. The van der Waals surface area contributed by atoms with Gasteiger partial charge in [-0.05, 0) is 30.5 Å². The summed E-state index contributed by atoms with van der Waals surface area (Å²) in [6.07, 6.45) is 1.53. The van der Waals surface area contributed by atoms with Crippen LogP contribution in [0.4, 0.5) is 0 Å². The molecule has 1 unspecified atom stereocenters. The number of hydrogen-bond donors (Lipinski definition) is 2. The van der Waals surface area contributed by atoms with Crippen molar-refractivity contribution in [1.82, 2.24) is 10.7 Å². The van der Waals surface area contributed by atoms with Crippen molar-refractivity contribution in [2.45, 2.75) is 32.7 Å². The van der Waals surface area contributed by atoms with Crippen LogP contribution >= 0.6 is 0 Å². The first-order chi connectivity index (χ1) is 12.2. The number of benzene rings is 2. The molecule has 5 nitrogen and oxygen atoms in total. The van der Waals surface area contributed by atoms with Crippen LogP contribution in [0.25, 0.3) is 0 Å². The molecule has 2 aromatic carbocycles. The van der Waals surface area contributed by atoms with E-state index in [-0.39, 0.29) is 11.8 Å². The molecule has 2 rings (SSSR count). The second-order valence-electron chi connectivity index (χ2n) is 5.54. The Morgan fingerprint density at radius 2 is 1.48 bits per heavy atom. The maximum Gasteiger partial charge on any atom is 0.267 e.